The lowest BCUT2D eigenvalue weighted by molar-refractivity contribution is -0.155. The standard InChI is InChI=1S/C18H22F3NO3/c1-16(2)10-22(14-9-25-8-13(14)16)15(23)17(3,24)11-6-4-5-7-12(11)18(19,20)21/h4-7,13-14,24H,8-10H2,1-3H3/t13-,14+,17?/m1/s1. The first-order valence-electron chi connectivity index (χ1n) is 8.24. The van der Waals surface area contributed by atoms with Gasteiger partial charge in [0.05, 0.1) is 24.8 Å². The van der Waals surface area contributed by atoms with Gasteiger partial charge in [0, 0.05) is 18.0 Å². The molecule has 1 N–H and O–H groups in total. The molecule has 2 heterocycles. The quantitative estimate of drug-likeness (QED) is 0.886. The van der Waals surface area contributed by atoms with Gasteiger partial charge in [-0.1, -0.05) is 32.0 Å². The molecule has 25 heavy (non-hydrogen) atoms. The number of amides is 1. The van der Waals surface area contributed by atoms with Crippen molar-refractivity contribution < 1.29 is 27.8 Å². The summed E-state index contributed by atoms with van der Waals surface area (Å²) in [6, 6.07) is 4.46. The summed E-state index contributed by atoms with van der Waals surface area (Å²) in [4.78, 5) is 14.5. The predicted octanol–water partition coefficient (Wildman–Crippen LogP) is 2.80. The Balaban J connectivity index is 1.97. The van der Waals surface area contributed by atoms with Crippen LogP contribution in [-0.4, -0.2) is 41.7 Å². The van der Waals surface area contributed by atoms with Crippen LogP contribution in [0.5, 0.6) is 0 Å². The van der Waals surface area contributed by atoms with Crippen LogP contribution in [0.25, 0.3) is 0 Å². The second kappa shape index (κ2) is 5.71. The molecular weight excluding hydrogens is 335 g/mol. The van der Waals surface area contributed by atoms with Crippen LogP contribution < -0.4 is 0 Å². The third-order valence-electron chi connectivity index (χ3n) is 5.47. The number of likely N-dealkylation sites (tertiary alicyclic amines) is 1. The number of halogens is 3. The van der Waals surface area contributed by atoms with Crippen LogP contribution in [0.4, 0.5) is 13.2 Å². The van der Waals surface area contributed by atoms with E-state index in [0.29, 0.717) is 19.8 Å². The molecule has 1 aromatic rings. The van der Waals surface area contributed by atoms with Gasteiger partial charge in [0.2, 0.25) is 0 Å². The SMILES string of the molecule is CC(O)(C(=O)N1CC(C)(C)[C@@H]2COC[C@@H]21)c1ccccc1C(F)(F)F. The van der Waals surface area contributed by atoms with Crippen molar-refractivity contribution in [3.63, 3.8) is 0 Å². The molecular formula is C18H22F3NO3. The van der Waals surface area contributed by atoms with Crippen molar-refractivity contribution in [3.8, 4) is 0 Å². The van der Waals surface area contributed by atoms with Gasteiger partial charge >= 0.3 is 6.18 Å². The molecule has 0 radical (unpaired) electrons. The highest BCUT2D eigenvalue weighted by Gasteiger charge is 2.55. The number of aliphatic hydroxyl groups is 1. The summed E-state index contributed by atoms with van der Waals surface area (Å²) < 4.78 is 45.4. The zero-order valence-electron chi connectivity index (χ0n) is 14.4. The number of rotatable bonds is 2. The fraction of sp³-hybridized carbons (Fsp3) is 0.611. The van der Waals surface area contributed by atoms with E-state index in [0.717, 1.165) is 19.1 Å². The summed E-state index contributed by atoms with van der Waals surface area (Å²) in [7, 11) is 0. The number of benzene rings is 1. The largest absolute Gasteiger partial charge is 0.416 e. The lowest BCUT2D eigenvalue weighted by atomic mass is 9.80. The highest BCUT2D eigenvalue weighted by Crippen LogP contribution is 2.45. The van der Waals surface area contributed by atoms with Gasteiger partial charge in [-0.05, 0) is 18.4 Å². The van der Waals surface area contributed by atoms with Crippen LogP contribution in [0.15, 0.2) is 24.3 Å². The minimum Gasteiger partial charge on any atom is -0.379 e. The van der Waals surface area contributed by atoms with E-state index in [2.05, 4.69) is 0 Å². The molecule has 2 aliphatic heterocycles. The number of nitrogens with zero attached hydrogens (tertiary/aromatic N) is 1. The van der Waals surface area contributed by atoms with E-state index in [1.54, 1.807) is 0 Å². The average Bonchev–Trinajstić information content (AvgIpc) is 3.09. The van der Waals surface area contributed by atoms with Crippen molar-refractivity contribution in [3.05, 3.63) is 35.4 Å². The van der Waals surface area contributed by atoms with Crippen LogP contribution in [0, 0.1) is 11.3 Å². The van der Waals surface area contributed by atoms with Crippen molar-refractivity contribution in [2.24, 2.45) is 11.3 Å². The summed E-state index contributed by atoms with van der Waals surface area (Å²) in [6.45, 7) is 6.39. The summed E-state index contributed by atoms with van der Waals surface area (Å²) in [5, 5.41) is 10.8. The highest BCUT2D eigenvalue weighted by molar-refractivity contribution is 5.87. The van der Waals surface area contributed by atoms with Crippen molar-refractivity contribution in [1.82, 2.24) is 4.90 Å². The van der Waals surface area contributed by atoms with E-state index in [1.165, 1.54) is 17.0 Å². The number of ether oxygens (including phenoxy) is 1. The number of carbonyl (C=O) groups is 1. The lowest BCUT2D eigenvalue weighted by Crippen LogP contribution is -2.49. The highest BCUT2D eigenvalue weighted by atomic mass is 19.4. The molecule has 2 fully saturated rings. The van der Waals surface area contributed by atoms with Gasteiger partial charge in [-0.15, -0.1) is 0 Å². The first-order chi connectivity index (χ1) is 11.5. The third-order valence-corrected chi connectivity index (χ3v) is 5.47. The number of hydrogen-bond donors (Lipinski definition) is 1. The Labute approximate surface area is 144 Å². The maximum atomic E-state index is 13.3. The van der Waals surface area contributed by atoms with Crippen LogP contribution in [0.2, 0.25) is 0 Å². The Morgan fingerprint density at radius 2 is 1.84 bits per heavy atom. The molecule has 4 nitrogen and oxygen atoms in total. The summed E-state index contributed by atoms with van der Waals surface area (Å²) in [5.41, 5.74) is -3.89. The molecule has 7 heteroatoms. The van der Waals surface area contributed by atoms with Gasteiger partial charge in [0.15, 0.2) is 5.60 Å². The van der Waals surface area contributed by atoms with E-state index in [1.807, 2.05) is 13.8 Å². The maximum Gasteiger partial charge on any atom is 0.416 e. The molecule has 0 aliphatic carbocycles. The predicted molar refractivity (Wildman–Crippen MR) is 84.6 cm³/mol. The smallest absolute Gasteiger partial charge is 0.379 e. The Bertz CT molecular complexity index is 684. The van der Waals surface area contributed by atoms with Gasteiger partial charge < -0.3 is 14.7 Å². The van der Waals surface area contributed by atoms with Crippen LogP contribution in [0.1, 0.15) is 31.9 Å². The molecule has 1 unspecified atom stereocenters. The summed E-state index contributed by atoms with van der Waals surface area (Å²) in [6.07, 6.45) is -4.65. The van der Waals surface area contributed by atoms with Crippen molar-refractivity contribution >= 4 is 5.91 Å². The maximum absolute atomic E-state index is 13.3. The van der Waals surface area contributed by atoms with Gasteiger partial charge in [-0.3, -0.25) is 4.79 Å². The monoisotopic (exact) mass is 357 g/mol. The molecule has 1 amide bonds. The Hall–Kier alpha value is -1.60. The van der Waals surface area contributed by atoms with Crippen molar-refractivity contribution in [1.29, 1.82) is 0 Å². The molecule has 0 spiro atoms. The van der Waals surface area contributed by atoms with E-state index in [9.17, 15) is 23.1 Å². The number of alkyl halides is 3. The Morgan fingerprint density at radius 1 is 1.24 bits per heavy atom. The Kier molecular flexibility index (Phi) is 4.15. The van der Waals surface area contributed by atoms with Crippen LogP contribution >= 0.6 is 0 Å². The number of fused-ring (bicyclic) bond motifs is 1. The topological polar surface area (TPSA) is 49.8 Å². The first kappa shape index (κ1) is 18.2. The van der Waals surface area contributed by atoms with Gasteiger partial charge in [-0.2, -0.15) is 13.2 Å². The van der Waals surface area contributed by atoms with Gasteiger partial charge in [0.25, 0.3) is 5.91 Å². The van der Waals surface area contributed by atoms with Crippen LogP contribution in [-0.2, 0) is 21.3 Å². The molecule has 138 valence electrons. The molecule has 2 saturated heterocycles. The van der Waals surface area contributed by atoms with E-state index in [4.69, 9.17) is 4.74 Å². The van der Waals surface area contributed by atoms with Crippen molar-refractivity contribution in [2.75, 3.05) is 19.8 Å². The minimum atomic E-state index is -4.65. The molecule has 0 saturated carbocycles. The lowest BCUT2D eigenvalue weighted by Gasteiger charge is -2.33. The first-order valence-corrected chi connectivity index (χ1v) is 8.24. The second-order valence-electron chi connectivity index (χ2n) is 7.75. The van der Waals surface area contributed by atoms with E-state index >= 15 is 0 Å². The zero-order valence-corrected chi connectivity index (χ0v) is 14.4. The molecule has 0 bridgehead atoms. The normalized spacial score (nSPS) is 27.9. The third kappa shape index (κ3) is 2.93. The van der Waals surface area contributed by atoms with E-state index < -0.39 is 28.8 Å². The Morgan fingerprint density at radius 3 is 2.44 bits per heavy atom. The molecule has 1 aromatic carbocycles. The summed E-state index contributed by atoms with van der Waals surface area (Å²) in [5.74, 6) is -0.597. The molecule has 3 atom stereocenters. The summed E-state index contributed by atoms with van der Waals surface area (Å²) >= 11 is 0. The van der Waals surface area contributed by atoms with E-state index in [-0.39, 0.29) is 17.4 Å². The van der Waals surface area contributed by atoms with Crippen molar-refractivity contribution in [2.45, 2.75) is 38.6 Å². The number of hydrogen-bond acceptors (Lipinski definition) is 3. The minimum absolute atomic E-state index is 0.116. The van der Waals surface area contributed by atoms with Gasteiger partial charge in [-0.25, -0.2) is 0 Å². The molecule has 2 aliphatic rings. The number of carbonyl (C=O) groups excluding carboxylic acids is 1. The molecule has 3 rings (SSSR count). The van der Waals surface area contributed by atoms with Gasteiger partial charge in [0.1, 0.15) is 0 Å². The average molecular weight is 357 g/mol. The fourth-order valence-corrected chi connectivity index (χ4v) is 4.04. The zero-order chi connectivity index (χ0) is 18.6. The fourth-order valence-electron chi connectivity index (χ4n) is 4.04. The second-order valence-corrected chi connectivity index (χ2v) is 7.75. The van der Waals surface area contributed by atoms with Crippen LogP contribution in [0.3, 0.4) is 0 Å². The molecule has 0 aromatic heterocycles.